The summed E-state index contributed by atoms with van der Waals surface area (Å²) in [5.74, 6) is 0. The Morgan fingerprint density at radius 2 is 1.91 bits per heavy atom. The first-order chi connectivity index (χ1) is 5.31. The van der Waals surface area contributed by atoms with E-state index >= 15 is 0 Å². The fourth-order valence-corrected chi connectivity index (χ4v) is 0.424. The Kier molecular flexibility index (Phi) is 14.0. The van der Waals surface area contributed by atoms with E-state index in [-0.39, 0.29) is 0 Å². The van der Waals surface area contributed by atoms with Gasteiger partial charge in [0, 0.05) is 0 Å². The molecule has 0 aliphatic carbocycles. The molecule has 0 aromatic rings. The highest BCUT2D eigenvalue weighted by atomic mass is 13.8. The quantitative estimate of drug-likeness (QED) is 0.534. The van der Waals surface area contributed by atoms with Crippen molar-refractivity contribution in [3.63, 3.8) is 0 Å². The van der Waals surface area contributed by atoms with Crippen LogP contribution in [0.2, 0.25) is 0 Å². The number of allylic oxidation sites excluding steroid dienone is 5. The molecule has 0 aliphatic rings. The van der Waals surface area contributed by atoms with Gasteiger partial charge in [-0.15, -0.1) is 0 Å². The Balaban J connectivity index is 0. The highest BCUT2D eigenvalue weighted by Crippen LogP contribution is 1.92. The summed E-state index contributed by atoms with van der Waals surface area (Å²) in [5, 5.41) is 0. The Bertz CT molecular complexity index is 127. The second kappa shape index (κ2) is 12.0. The number of hydrogen-bond acceptors (Lipinski definition) is 0. The largest absolute Gasteiger partial charge is 0.0988 e. The molecule has 0 radical (unpaired) electrons. The zero-order chi connectivity index (χ0) is 9.11. The van der Waals surface area contributed by atoms with Crippen LogP contribution in [0.3, 0.4) is 0 Å². The zero-order valence-electron chi connectivity index (χ0n) is 8.22. The van der Waals surface area contributed by atoms with Crippen molar-refractivity contribution in [1.82, 2.24) is 0 Å². The highest BCUT2D eigenvalue weighted by Gasteiger charge is 1.71. The van der Waals surface area contributed by atoms with Crippen molar-refractivity contribution in [3.05, 3.63) is 36.5 Å². The van der Waals surface area contributed by atoms with Crippen LogP contribution < -0.4 is 0 Å². The molecule has 0 aliphatic heterocycles. The molecule has 0 heterocycles. The fourth-order valence-electron chi connectivity index (χ4n) is 0.424. The molecule has 0 saturated carbocycles. The second-order valence-corrected chi connectivity index (χ2v) is 1.95. The van der Waals surface area contributed by atoms with Crippen LogP contribution in [0, 0.1) is 0 Å². The van der Waals surface area contributed by atoms with E-state index in [4.69, 9.17) is 0 Å². The third-order valence-electron chi connectivity index (χ3n) is 1.05. The summed E-state index contributed by atoms with van der Waals surface area (Å²) in [4.78, 5) is 0. The van der Waals surface area contributed by atoms with E-state index in [0.29, 0.717) is 0 Å². The van der Waals surface area contributed by atoms with Gasteiger partial charge >= 0.3 is 0 Å². The maximum absolute atomic E-state index is 3.64. The Morgan fingerprint density at radius 3 is 2.27 bits per heavy atom. The van der Waals surface area contributed by atoms with E-state index in [1.807, 2.05) is 26.8 Å². The van der Waals surface area contributed by atoms with E-state index in [0.717, 1.165) is 6.42 Å². The Hall–Kier alpha value is -0.780. The lowest BCUT2D eigenvalue weighted by Crippen LogP contribution is -1.61. The highest BCUT2D eigenvalue weighted by molar-refractivity contribution is 5.19. The van der Waals surface area contributed by atoms with Gasteiger partial charge in [0.15, 0.2) is 0 Å². The lowest BCUT2D eigenvalue weighted by atomic mass is 10.2. The van der Waals surface area contributed by atoms with Crippen LogP contribution in [0.15, 0.2) is 36.5 Å². The SMILES string of the molecule is C=C/C(C)=C\C=C\CC.CC. The predicted octanol–water partition coefficient (Wildman–Crippen LogP) is 4.11. The van der Waals surface area contributed by atoms with Crippen LogP contribution in [-0.4, -0.2) is 0 Å². The summed E-state index contributed by atoms with van der Waals surface area (Å²) in [6.07, 6.45) is 9.17. The van der Waals surface area contributed by atoms with Crippen molar-refractivity contribution in [2.45, 2.75) is 34.1 Å². The van der Waals surface area contributed by atoms with E-state index in [9.17, 15) is 0 Å². The molecule has 11 heavy (non-hydrogen) atoms. The number of rotatable bonds is 3. The average Bonchev–Trinajstić information content (AvgIpc) is 2.08. The molecule has 0 N–H and O–H groups in total. The summed E-state index contributed by atoms with van der Waals surface area (Å²) >= 11 is 0. The summed E-state index contributed by atoms with van der Waals surface area (Å²) in [6, 6.07) is 0. The van der Waals surface area contributed by atoms with Gasteiger partial charge in [-0.3, -0.25) is 0 Å². The maximum Gasteiger partial charge on any atom is -0.0376 e. The van der Waals surface area contributed by atoms with Crippen molar-refractivity contribution in [2.24, 2.45) is 0 Å². The summed E-state index contributed by atoms with van der Waals surface area (Å²) in [5.41, 5.74) is 1.21. The van der Waals surface area contributed by atoms with Crippen molar-refractivity contribution in [2.75, 3.05) is 0 Å². The van der Waals surface area contributed by atoms with Crippen LogP contribution in [0.25, 0.3) is 0 Å². The van der Waals surface area contributed by atoms with Crippen molar-refractivity contribution in [1.29, 1.82) is 0 Å². The number of hydrogen-bond donors (Lipinski definition) is 0. The van der Waals surface area contributed by atoms with Gasteiger partial charge < -0.3 is 0 Å². The predicted molar refractivity (Wildman–Crippen MR) is 54.7 cm³/mol. The third-order valence-corrected chi connectivity index (χ3v) is 1.05. The maximum atomic E-state index is 3.64. The molecule has 0 nitrogen and oxygen atoms in total. The molecular formula is C11H20. The lowest BCUT2D eigenvalue weighted by Gasteiger charge is -1.82. The van der Waals surface area contributed by atoms with Crippen LogP contribution in [0.1, 0.15) is 34.1 Å². The molecule has 0 rings (SSSR count). The molecule has 0 amide bonds. The first kappa shape index (κ1) is 12.9. The summed E-state index contributed by atoms with van der Waals surface area (Å²) in [6.45, 7) is 11.8. The van der Waals surface area contributed by atoms with Crippen LogP contribution in [-0.2, 0) is 0 Å². The van der Waals surface area contributed by atoms with Gasteiger partial charge in [-0.2, -0.15) is 0 Å². The van der Waals surface area contributed by atoms with E-state index in [1.54, 1.807) is 0 Å². The summed E-state index contributed by atoms with van der Waals surface area (Å²) in [7, 11) is 0. The monoisotopic (exact) mass is 152 g/mol. The van der Waals surface area contributed by atoms with Crippen LogP contribution >= 0.6 is 0 Å². The molecule has 0 unspecified atom stereocenters. The molecule has 0 bridgehead atoms. The zero-order valence-corrected chi connectivity index (χ0v) is 8.22. The third kappa shape index (κ3) is 12.4. The normalized spacial score (nSPS) is 10.7. The summed E-state index contributed by atoms with van der Waals surface area (Å²) < 4.78 is 0. The van der Waals surface area contributed by atoms with Gasteiger partial charge in [-0.25, -0.2) is 0 Å². The minimum Gasteiger partial charge on any atom is -0.0988 e. The smallest absolute Gasteiger partial charge is 0.0376 e. The topological polar surface area (TPSA) is 0 Å². The van der Waals surface area contributed by atoms with Gasteiger partial charge in [0.2, 0.25) is 0 Å². The second-order valence-electron chi connectivity index (χ2n) is 1.95. The first-order valence-corrected chi connectivity index (χ1v) is 4.27. The van der Waals surface area contributed by atoms with E-state index in [1.165, 1.54) is 5.57 Å². The van der Waals surface area contributed by atoms with Gasteiger partial charge in [0.1, 0.15) is 0 Å². The minimum atomic E-state index is 1.10. The van der Waals surface area contributed by atoms with Gasteiger partial charge in [-0.1, -0.05) is 57.2 Å². The molecule has 0 fully saturated rings. The lowest BCUT2D eigenvalue weighted by molar-refractivity contribution is 1.22. The van der Waals surface area contributed by atoms with E-state index in [2.05, 4.69) is 31.7 Å². The average molecular weight is 152 g/mol. The van der Waals surface area contributed by atoms with Crippen LogP contribution in [0.5, 0.6) is 0 Å². The minimum absolute atomic E-state index is 1.10. The molecular weight excluding hydrogens is 132 g/mol. The van der Waals surface area contributed by atoms with Gasteiger partial charge in [-0.05, 0) is 13.3 Å². The Morgan fingerprint density at radius 1 is 1.36 bits per heavy atom. The fraction of sp³-hybridized carbons (Fsp3) is 0.455. The van der Waals surface area contributed by atoms with Crippen molar-refractivity contribution < 1.29 is 0 Å². The molecule has 64 valence electrons. The molecule has 0 spiro atoms. The van der Waals surface area contributed by atoms with Crippen molar-refractivity contribution in [3.8, 4) is 0 Å². The van der Waals surface area contributed by atoms with Gasteiger partial charge in [0.05, 0.1) is 0 Å². The van der Waals surface area contributed by atoms with E-state index < -0.39 is 0 Å². The van der Waals surface area contributed by atoms with Crippen LogP contribution in [0.4, 0.5) is 0 Å². The van der Waals surface area contributed by atoms with Crippen molar-refractivity contribution >= 4 is 0 Å². The standard InChI is InChI=1S/C9H14.C2H6/c1-4-6-7-8-9(3)5-2;1-2/h5-8H,2,4H2,1,3H3;1-2H3/b7-6+,9-8-;. The molecule has 0 heteroatoms. The molecule has 0 saturated heterocycles. The van der Waals surface area contributed by atoms with Gasteiger partial charge in [0.25, 0.3) is 0 Å². The molecule has 0 atom stereocenters. The molecule has 0 aromatic carbocycles. The first-order valence-electron chi connectivity index (χ1n) is 4.27. The molecule has 0 aromatic heterocycles. The Labute approximate surface area is 71.3 Å².